The Hall–Kier alpha value is -2.22. The number of halogens is 1. The van der Waals surface area contributed by atoms with Crippen molar-refractivity contribution in [3.8, 4) is 0 Å². The summed E-state index contributed by atoms with van der Waals surface area (Å²) in [5.41, 5.74) is 1.30. The lowest BCUT2D eigenvalue weighted by Crippen LogP contribution is -2.37. The summed E-state index contributed by atoms with van der Waals surface area (Å²) in [6.45, 7) is 4.77. The Morgan fingerprint density at radius 2 is 2.08 bits per heavy atom. The summed E-state index contributed by atoms with van der Waals surface area (Å²) in [5, 5.41) is 3.06. The molecule has 0 aliphatic carbocycles. The molecule has 6 nitrogen and oxygen atoms in total. The van der Waals surface area contributed by atoms with Gasteiger partial charge in [0, 0.05) is 36.5 Å². The fourth-order valence-electron chi connectivity index (χ4n) is 3.22. The van der Waals surface area contributed by atoms with Gasteiger partial charge >= 0.3 is 0 Å². The highest BCUT2D eigenvalue weighted by molar-refractivity contribution is 7.91. The van der Waals surface area contributed by atoms with Crippen molar-refractivity contribution in [1.29, 1.82) is 0 Å². The number of sulfone groups is 1. The summed E-state index contributed by atoms with van der Waals surface area (Å²) in [4.78, 5) is 10.9. The average Bonchev–Trinajstić information content (AvgIpc) is 2.94. The van der Waals surface area contributed by atoms with Gasteiger partial charge in [-0.15, -0.1) is 0 Å². The molecule has 140 valence electrons. The standard InChI is InChI=1S/C18H23FN4O2S/c1-3-23(15-8-9-26(24,25)12-15)17-10-13(2)21-18(22-17)20-11-14-6-4-5-7-16(14)19/h4-7,10,15H,3,8-9,11-12H2,1-2H3,(H,20,21,22). The number of aryl methyl sites for hydroxylation is 1. The molecule has 0 bridgehead atoms. The molecule has 26 heavy (non-hydrogen) atoms. The van der Waals surface area contributed by atoms with Crippen LogP contribution in [0.4, 0.5) is 16.2 Å². The zero-order valence-corrected chi connectivity index (χ0v) is 15.8. The van der Waals surface area contributed by atoms with Crippen LogP contribution < -0.4 is 10.2 Å². The van der Waals surface area contributed by atoms with Crippen LogP contribution in [0.15, 0.2) is 30.3 Å². The minimum absolute atomic E-state index is 0.0706. The van der Waals surface area contributed by atoms with Crippen molar-refractivity contribution in [2.45, 2.75) is 32.9 Å². The number of nitrogens with zero attached hydrogens (tertiary/aromatic N) is 3. The van der Waals surface area contributed by atoms with E-state index in [0.717, 1.165) is 5.69 Å². The first kappa shape index (κ1) is 18.6. The van der Waals surface area contributed by atoms with E-state index >= 15 is 0 Å². The van der Waals surface area contributed by atoms with Gasteiger partial charge in [0.1, 0.15) is 11.6 Å². The predicted octanol–water partition coefficient (Wildman–Crippen LogP) is 2.55. The molecule has 0 radical (unpaired) electrons. The molecule has 8 heteroatoms. The van der Waals surface area contributed by atoms with Gasteiger partial charge in [0.05, 0.1) is 11.5 Å². The molecule has 1 aromatic heterocycles. The maximum absolute atomic E-state index is 13.8. The minimum atomic E-state index is -2.97. The summed E-state index contributed by atoms with van der Waals surface area (Å²) in [6.07, 6.45) is 0.608. The molecule has 3 rings (SSSR count). The number of benzene rings is 1. The number of nitrogens with one attached hydrogen (secondary N) is 1. The van der Waals surface area contributed by atoms with E-state index < -0.39 is 9.84 Å². The Balaban J connectivity index is 1.79. The SMILES string of the molecule is CCN(c1cc(C)nc(NCc2ccccc2F)n1)C1CCS(=O)(=O)C1. The third-order valence-corrected chi connectivity index (χ3v) is 6.27. The van der Waals surface area contributed by atoms with E-state index in [1.165, 1.54) is 6.07 Å². The summed E-state index contributed by atoms with van der Waals surface area (Å²) in [6, 6.07) is 8.33. The van der Waals surface area contributed by atoms with Crippen molar-refractivity contribution in [2.24, 2.45) is 0 Å². The maximum atomic E-state index is 13.8. The van der Waals surface area contributed by atoms with Crippen LogP contribution in [-0.4, -0.2) is 42.5 Å². The second-order valence-electron chi connectivity index (χ2n) is 6.48. The second kappa shape index (κ2) is 7.57. The first-order chi connectivity index (χ1) is 12.4. The van der Waals surface area contributed by atoms with Crippen molar-refractivity contribution < 1.29 is 12.8 Å². The molecule has 2 heterocycles. The number of aromatic nitrogens is 2. The van der Waals surface area contributed by atoms with Crippen LogP contribution in [0, 0.1) is 12.7 Å². The first-order valence-corrected chi connectivity index (χ1v) is 10.5. The average molecular weight is 378 g/mol. The van der Waals surface area contributed by atoms with Gasteiger partial charge in [-0.1, -0.05) is 18.2 Å². The first-order valence-electron chi connectivity index (χ1n) is 8.68. The van der Waals surface area contributed by atoms with Gasteiger partial charge in [0.25, 0.3) is 0 Å². The lowest BCUT2D eigenvalue weighted by atomic mass is 10.2. The van der Waals surface area contributed by atoms with Gasteiger partial charge in [0.15, 0.2) is 9.84 Å². The summed E-state index contributed by atoms with van der Waals surface area (Å²) in [7, 11) is -2.97. The van der Waals surface area contributed by atoms with Gasteiger partial charge in [0.2, 0.25) is 5.95 Å². The Bertz CT molecular complexity index is 889. The van der Waals surface area contributed by atoms with Crippen molar-refractivity contribution >= 4 is 21.6 Å². The Kier molecular flexibility index (Phi) is 5.41. The van der Waals surface area contributed by atoms with E-state index in [0.29, 0.717) is 30.3 Å². The number of hydrogen-bond donors (Lipinski definition) is 1. The van der Waals surface area contributed by atoms with E-state index in [9.17, 15) is 12.8 Å². The molecular formula is C18H23FN4O2S. The fourth-order valence-corrected chi connectivity index (χ4v) is 4.95. The number of anilines is 2. The normalized spacial score (nSPS) is 18.7. The van der Waals surface area contributed by atoms with Gasteiger partial charge in [-0.2, -0.15) is 4.98 Å². The molecule has 1 N–H and O–H groups in total. The monoisotopic (exact) mass is 378 g/mol. The lowest BCUT2D eigenvalue weighted by molar-refractivity contribution is 0.599. The van der Waals surface area contributed by atoms with Crippen LogP contribution in [0.1, 0.15) is 24.6 Å². The number of rotatable bonds is 6. The van der Waals surface area contributed by atoms with E-state index in [1.54, 1.807) is 18.2 Å². The highest BCUT2D eigenvalue weighted by Crippen LogP contribution is 2.24. The summed E-state index contributed by atoms with van der Waals surface area (Å²) in [5.74, 6) is 1.19. The number of hydrogen-bond acceptors (Lipinski definition) is 6. The van der Waals surface area contributed by atoms with Crippen LogP contribution in [0.2, 0.25) is 0 Å². The van der Waals surface area contributed by atoms with Gasteiger partial charge < -0.3 is 10.2 Å². The predicted molar refractivity (Wildman–Crippen MR) is 101 cm³/mol. The van der Waals surface area contributed by atoms with Crippen molar-refractivity contribution in [1.82, 2.24) is 9.97 Å². The topological polar surface area (TPSA) is 75.2 Å². The van der Waals surface area contributed by atoms with E-state index in [-0.39, 0.29) is 29.9 Å². The van der Waals surface area contributed by atoms with E-state index in [2.05, 4.69) is 15.3 Å². The molecule has 1 saturated heterocycles. The molecule has 0 amide bonds. The quantitative estimate of drug-likeness (QED) is 0.833. The zero-order valence-electron chi connectivity index (χ0n) is 14.9. The van der Waals surface area contributed by atoms with Crippen LogP contribution in [-0.2, 0) is 16.4 Å². The van der Waals surface area contributed by atoms with Crippen molar-refractivity contribution in [3.63, 3.8) is 0 Å². The minimum Gasteiger partial charge on any atom is -0.353 e. The van der Waals surface area contributed by atoms with E-state index in [1.807, 2.05) is 24.8 Å². The largest absolute Gasteiger partial charge is 0.353 e. The molecule has 1 aliphatic heterocycles. The van der Waals surface area contributed by atoms with Gasteiger partial charge in [-0.25, -0.2) is 17.8 Å². The highest BCUT2D eigenvalue weighted by atomic mass is 32.2. The molecule has 1 aromatic carbocycles. The molecular weight excluding hydrogens is 355 g/mol. The maximum Gasteiger partial charge on any atom is 0.225 e. The summed E-state index contributed by atoms with van der Waals surface area (Å²) < 4.78 is 37.4. The molecule has 1 unspecified atom stereocenters. The van der Waals surface area contributed by atoms with Crippen molar-refractivity contribution in [3.05, 3.63) is 47.4 Å². The molecule has 1 aliphatic rings. The second-order valence-corrected chi connectivity index (χ2v) is 8.71. The fraction of sp³-hybridized carbons (Fsp3) is 0.444. The molecule has 0 spiro atoms. The smallest absolute Gasteiger partial charge is 0.225 e. The van der Waals surface area contributed by atoms with Crippen LogP contribution in [0.3, 0.4) is 0 Å². The van der Waals surface area contributed by atoms with E-state index in [4.69, 9.17) is 0 Å². The molecule has 1 fully saturated rings. The Morgan fingerprint density at radius 3 is 2.73 bits per heavy atom. The highest BCUT2D eigenvalue weighted by Gasteiger charge is 2.32. The Labute approximate surface area is 153 Å². The van der Waals surface area contributed by atoms with Gasteiger partial charge in [-0.3, -0.25) is 0 Å². The van der Waals surface area contributed by atoms with Crippen LogP contribution in [0.25, 0.3) is 0 Å². The molecule has 2 aromatic rings. The third-order valence-electron chi connectivity index (χ3n) is 4.52. The van der Waals surface area contributed by atoms with Crippen LogP contribution >= 0.6 is 0 Å². The zero-order chi connectivity index (χ0) is 18.7. The Morgan fingerprint density at radius 1 is 1.31 bits per heavy atom. The molecule has 0 saturated carbocycles. The lowest BCUT2D eigenvalue weighted by Gasteiger charge is -2.28. The van der Waals surface area contributed by atoms with Crippen LogP contribution in [0.5, 0.6) is 0 Å². The third kappa shape index (κ3) is 4.30. The van der Waals surface area contributed by atoms with Gasteiger partial charge in [-0.05, 0) is 26.3 Å². The van der Waals surface area contributed by atoms with Crippen molar-refractivity contribution in [2.75, 3.05) is 28.3 Å². The molecule has 1 atom stereocenters. The summed E-state index contributed by atoms with van der Waals surface area (Å²) >= 11 is 0.